The Balaban J connectivity index is 2.79. The Labute approximate surface area is 82.8 Å². The molecule has 4 nitrogen and oxygen atoms in total. The van der Waals surface area contributed by atoms with Gasteiger partial charge < -0.3 is 4.98 Å². The maximum Gasteiger partial charge on any atom is 0.181 e. The van der Waals surface area contributed by atoms with Gasteiger partial charge in [0.05, 0.1) is 5.69 Å². The number of hydrogen-bond acceptors (Lipinski definition) is 3. The van der Waals surface area contributed by atoms with Crippen LogP contribution in [0.5, 0.6) is 0 Å². The van der Waals surface area contributed by atoms with Crippen molar-refractivity contribution < 1.29 is 0 Å². The van der Waals surface area contributed by atoms with Crippen molar-refractivity contribution in [3.8, 4) is 0 Å². The normalized spacial score (nSPS) is 11.5. The molecule has 0 bridgehead atoms. The van der Waals surface area contributed by atoms with Gasteiger partial charge in [-0.3, -0.25) is 0 Å². The summed E-state index contributed by atoms with van der Waals surface area (Å²) in [6.07, 6.45) is 0. The van der Waals surface area contributed by atoms with Crippen molar-refractivity contribution in [1.29, 1.82) is 0 Å². The summed E-state index contributed by atoms with van der Waals surface area (Å²) in [6, 6.07) is 0. The zero-order valence-corrected chi connectivity index (χ0v) is 8.92. The van der Waals surface area contributed by atoms with Crippen LogP contribution in [-0.2, 0) is 0 Å². The van der Waals surface area contributed by atoms with Gasteiger partial charge in [0.25, 0.3) is 0 Å². The fourth-order valence-electron chi connectivity index (χ4n) is 1.57. The second-order valence-corrected chi connectivity index (χ2v) is 3.83. The van der Waals surface area contributed by atoms with E-state index in [1.807, 2.05) is 13.8 Å². The number of H-pyrrole nitrogens is 1. The number of imidazole rings is 1. The van der Waals surface area contributed by atoms with E-state index in [4.69, 9.17) is 0 Å². The van der Waals surface area contributed by atoms with E-state index in [9.17, 15) is 0 Å². The maximum atomic E-state index is 4.43. The SMILES string of the molecule is Cc1nc(C(C)C)c2[nH]c(C)nc2n1. The minimum Gasteiger partial charge on any atom is -0.339 e. The highest BCUT2D eigenvalue weighted by molar-refractivity contribution is 5.73. The quantitative estimate of drug-likeness (QED) is 0.749. The Morgan fingerprint density at radius 2 is 1.79 bits per heavy atom. The van der Waals surface area contributed by atoms with Gasteiger partial charge in [-0.15, -0.1) is 0 Å². The average Bonchev–Trinajstić information content (AvgIpc) is 2.42. The molecule has 0 aromatic carbocycles. The largest absolute Gasteiger partial charge is 0.339 e. The van der Waals surface area contributed by atoms with Crippen molar-refractivity contribution in [1.82, 2.24) is 19.9 Å². The molecule has 0 saturated heterocycles. The third kappa shape index (κ3) is 1.36. The second kappa shape index (κ2) is 3.04. The number of aromatic amines is 1. The van der Waals surface area contributed by atoms with E-state index in [0.29, 0.717) is 5.92 Å². The van der Waals surface area contributed by atoms with Gasteiger partial charge in [-0.25, -0.2) is 15.0 Å². The molecule has 0 amide bonds. The number of hydrogen-bond donors (Lipinski definition) is 1. The van der Waals surface area contributed by atoms with Crippen molar-refractivity contribution in [2.75, 3.05) is 0 Å². The first-order valence-corrected chi connectivity index (χ1v) is 4.79. The summed E-state index contributed by atoms with van der Waals surface area (Å²) in [5.74, 6) is 2.06. The number of fused-ring (bicyclic) bond motifs is 1. The summed E-state index contributed by atoms with van der Waals surface area (Å²) < 4.78 is 0. The Hall–Kier alpha value is -1.45. The molecule has 0 aliphatic rings. The molecule has 0 atom stereocenters. The predicted molar refractivity (Wildman–Crippen MR) is 55.2 cm³/mol. The summed E-state index contributed by atoms with van der Waals surface area (Å²) in [6.45, 7) is 8.07. The minimum absolute atomic E-state index is 0.388. The number of nitrogens with one attached hydrogen (secondary N) is 1. The van der Waals surface area contributed by atoms with Gasteiger partial charge in [0, 0.05) is 0 Å². The lowest BCUT2D eigenvalue weighted by Crippen LogP contribution is -1.99. The summed E-state index contributed by atoms with van der Waals surface area (Å²) in [5.41, 5.74) is 2.80. The lowest BCUT2D eigenvalue weighted by Gasteiger charge is -2.05. The molecule has 0 spiro atoms. The van der Waals surface area contributed by atoms with Crippen molar-refractivity contribution in [2.24, 2.45) is 0 Å². The van der Waals surface area contributed by atoms with Gasteiger partial charge in [0.15, 0.2) is 5.65 Å². The third-order valence-corrected chi connectivity index (χ3v) is 2.16. The van der Waals surface area contributed by atoms with Crippen LogP contribution in [-0.4, -0.2) is 19.9 Å². The average molecular weight is 190 g/mol. The fraction of sp³-hybridized carbons (Fsp3) is 0.500. The molecule has 0 unspecified atom stereocenters. The van der Waals surface area contributed by atoms with E-state index < -0.39 is 0 Å². The molecule has 0 saturated carbocycles. The monoisotopic (exact) mass is 190 g/mol. The summed E-state index contributed by atoms with van der Waals surface area (Å²) >= 11 is 0. The van der Waals surface area contributed by atoms with Gasteiger partial charge in [-0.05, 0) is 19.8 Å². The van der Waals surface area contributed by atoms with Crippen molar-refractivity contribution in [2.45, 2.75) is 33.6 Å². The van der Waals surface area contributed by atoms with Gasteiger partial charge in [0.1, 0.15) is 17.2 Å². The zero-order chi connectivity index (χ0) is 10.3. The van der Waals surface area contributed by atoms with E-state index >= 15 is 0 Å². The first-order chi connectivity index (χ1) is 6.58. The number of aryl methyl sites for hydroxylation is 2. The lowest BCUT2D eigenvalue weighted by molar-refractivity contribution is 0.814. The highest BCUT2D eigenvalue weighted by Crippen LogP contribution is 2.20. The molecule has 2 aromatic heterocycles. The number of rotatable bonds is 1. The van der Waals surface area contributed by atoms with Crippen LogP contribution in [0, 0.1) is 13.8 Å². The van der Waals surface area contributed by atoms with Gasteiger partial charge in [-0.1, -0.05) is 13.8 Å². The van der Waals surface area contributed by atoms with Crippen LogP contribution in [0.15, 0.2) is 0 Å². The fourth-order valence-corrected chi connectivity index (χ4v) is 1.57. The highest BCUT2D eigenvalue weighted by atomic mass is 15.0. The lowest BCUT2D eigenvalue weighted by atomic mass is 10.1. The third-order valence-electron chi connectivity index (χ3n) is 2.16. The minimum atomic E-state index is 0.388. The summed E-state index contributed by atoms with van der Waals surface area (Å²) in [4.78, 5) is 16.2. The maximum absolute atomic E-state index is 4.43. The zero-order valence-electron chi connectivity index (χ0n) is 8.92. The number of aromatic nitrogens is 4. The first kappa shape index (κ1) is 9.12. The Morgan fingerprint density at radius 1 is 1.07 bits per heavy atom. The Bertz CT molecular complexity index is 470. The van der Waals surface area contributed by atoms with Gasteiger partial charge in [0.2, 0.25) is 0 Å². The Morgan fingerprint density at radius 3 is 2.43 bits per heavy atom. The van der Waals surface area contributed by atoms with Crippen molar-refractivity contribution in [3.63, 3.8) is 0 Å². The number of nitrogens with zero attached hydrogens (tertiary/aromatic N) is 3. The molecule has 1 N–H and O–H groups in total. The van der Waals surface area contributed by atoms with E-state index in [0.717, 1.165) is 28.5 Å². The van der Waals surface area contributed by atoms with Crippen molar-refractivity contribution >= 4 is 11.2 Å². The van der Waals surface area contributed by atoms with Crippen LogP contribution >= 0.6 is 0 Å². The van der Waals surface area contributed by atoms with Crippen LogP contribution in [0.2, 0.25) is 0 Å². The van der Waals surface area contributed by atoms with E-state index in [1.165, 1.54) is 0 Å². The molecule has 2 aromatic rings. The first-order valence-electron chi connectivity index (χ1n) is 4.79. The predicted octanol–water partition coefficient (Wildman–Crippen LogP) is 2.09. The molecule has 0 fully saturated rings. The standard InChI is InChI=1S/C10H14N4/c1-5(2)8-9-10(13-6(3)11-8)14-7(4)12-9/h5H,1-4H3,(H,11,12,13,14). The molecule has 74 valence electrons. The summed E-state index contributed by atoms with van der Waals surface area (Å²) in [5, 5.41) is 0. The smallest absolute Gasteiger partial charge is 0.181 e. The molecule has 2 heterocycles. The topological polar surface area (TPSA) is 54.5 Å². The molecule has 2 rings (SSSR count). The molecule has 14 heavy (non-hydrogen) atoms. The highest BCUT2D eigenvalue weighted by Gasteiger charge is 2.11. The van der Waals surface area contributed by atoms with E-state index in [-0.39, 0.29) is 0 Å². The van der Waals surface area contributed by atoms with Crippen LogP contribution in [0.3, 0.4) is 0 Å². The van der Waals surface area contributed by atoms with Gasteiger partial charge in [-0.2, -0.15) is 0 Å². The second-order valence-electron chi connectivity index (χ2n) is 3.83. The van der Waals surface area contributed by atoms with Crippen LogP contribution in [0.1, 0.15) is 37.1 Å². The molecule has 0 aliphatic heterocycles. The van der Waals surface area contributed by atoms with Crippen LogP contribution < -0.4 is 0 Å². The van der Waals surface area contributed by atoms with Crippen LogP contribution in [0.4, 0.5) is 0 Å². The molecule has 0 radical (unpaired) electrons. The summed E-state index contributed by atoms with van der Waals surface area (Å²) in [7, 11) is 0. The molecule has 0 aliphatic carbocycles. The Kier molecular flexibility index (Phi) is 1.98. The molecule has 4 heteroatoms. The van der Waals surface area contributed by atoms with Crippen molar-refractivity contribution in [3.05, 3.63) is 17.3 Å². The molecular weight excluding hydrogens is 176 g/mol. The van der Waals surface area contributed by atoms with E-state index in [2.05, 4.69) is 33.8 Å². The van der Waals surface area contributed by atoms with E-state index in [1.54, 1.807) is 0 Å². The molecular formula is C10H14N4. The van der Waals surface area contributed by atoms with Gasteiger partial charge >= 0.3 is 0 Å². The van der Waals surface area contributed by atoms with Crippen LogP contribution in [0.25, 0.3) is 11.2 Å².